The Hall–Kier alpha value is -0.920. The maximum absolute atomic E-state index is 13.2. The van der Waals surface area contributed by atoms with Crippen LogP contribution in [0.1, 0.15) is 23.1 Å². The maximum atomic E-state index is 13.2. The Kier molecular flexibility index (Phi) is 1.47. The van der Waals surface area contributed by atoms with Crippen molar-refractivity contribution in [2.75, 3.05) is 0 Å². The quantitative estimate of drug-likeness (QED) is 0.558. The summed E-state index contributed by atoms with van der Waals surface area (Å²) in [7, 11) is 0. The van der Waals surface area contributed by atoms with Gasteiger partial charge in [-0.05, 0) is 24.5 Å². The first-order chi connectivity index (χ1) is 5.61. The SMILES string of the molecule is Cc1cccc2c1C(F)(F)CC2. The van der Waals surface area contributed by atoms with E-state index >= 15 is 0 Å². The Bertz CT molecular complexity index is 316. The second kappa shape index (κ2) is 2.28. The minimum atomic E-state index is -2.58. The second-order valence-electron chi connectivity index (χ2n) is 3.31. The third kappa shape index (κ3) is 0.942. The summed E-state index contributed by atoms with van der Waals surface area (Å²) in [5.74, 6) is -2.58. The van der Waals surface area contributed by atoms with Crippen LogP contribution in [0.4, 0.5) is 8.78 Å². The van der Waals surface area contributed by atoms with Crippen LogP contribution >= 0.6 is 0 Å². The molecule has 2 heteroatoms. The fourth-order valence-corrected chi connectivity index (χ4v) is 1.88. The zero-order valence-electron chi connectivity index (χ0n) is 6.90. The minimum Gasteiger partial charge on any atom is -0.201 e. The van der Waals surface area contributed by atoms with Crippen molar-refractivity contribution in [1.82, 2.24) is 0 Å². The van der Waals surface area contributed by atoms with E-state index < -0.39 is 5.92 Å². The van der Waals surface area contributed by atoms with Crippen LogP contribution in [-0.2, 0) is 12.3 Å². The molecule has 0 radical (unpaired) electrons. The van der Waals surface area contributed by atoms with Gasteiger partial charge in [-0.1, -0.05) is 18.2 Å². The fourth-order valence-electron chi connectivity index (χ4n) is 1.88. The molecule has 0 aliphatic heterocycles. The summed E-state index contributed by atoms with van der Waals surface area (Å²) in [5, 5.41) is 0. The third-order valence-electron chi connectivity index (χ3n) is 2.43. The Labute approximate surface area is 70.2 Å². The van der Waals surface area contributed by atoms with E-state index in [-0.39, 0.29) is 12.0 Å². The predicted molar refractivity (Wildman–Crippen MR) is 43.4 cm³/mol. The Morgan fingerprint density at radius 2 is 2.08 bits per heavy atom. The Balaban J connectivity index is 2.64. The van der Waals surface area contributed by atoms with E-state index in [9.17, 15) is 8.78 Å². The van der Waals surface area contributed by atoms with Gasteiger partial charge < -0.3 is 0 Å². The molecule has 1 aliphatic rings. The van der Waals surface area contributed by atoms with Gasteiger partial charge in [-0.3, -0.25) is 0 Å². The molecule has 64 valence electrons. The molecule has 1 aliphatic carbocycles. The number of benzene rings is 1. The zero-order valence-corrected chi connectivity index (χ0v) is 6.90. The number of aryl methyl sites for hydroxylation is 2. The van der Waals surface area contributed by atoms with Crippen LogP contribution < -0.4 is 0 Å². The molecule has 0 bridgehead atoms. The molecule has 0 fully saturated rings. The van der Waals surface area contributed by atoms with Crippen LogP contribution in [0.2, 0.25) is 0 Å². The van der Waals surface area contributed by atoms with Crippen molar-refractivity contribution in [3.8, 4) is 0 Å². The first kappa shape index (κ1) is 7.71. The smallest absolute Gasteiger partial charge is 0.201 e. The first-order valence-electron chi connectivity index (χ1n) is 4.08. The van der Waals surface area contributed by atoms with Crippen LogP contribution in [0.5, 0.6) is 0 Å². The highest BCUT2D eigenvalue weighted by Gasteiger charge is 2.39. The highest BCUT2D eigenvalue weighted by atomic mass is 19.3. The van der Waals surface area contributed by atoms with Gasteiger partial charge in [0.1, 0.15) is 0 Å². The summed E-state index contributed by atoms with van der Waals surface area (Å²) in [6.07, 6.45) is 0.497. The predicted octanol–water partition coefficient (Wildman–Crippen LogP) is 3.03. The Morgan fingerprint density at radius 1 is 1.33 bits per heavy atom. The van der Waals surface area contributed by atoms with Crippen molar-refractivity contribution in [2.45, 2.75) is 25.7 Å². The summed E-state index contributed by atoms with van der Waals surface area (Å²) < 4.78 is 26.4. The molecular formula is C10H10F2. The molecule has 0 aromatic heterocycles. The van der Waals surface area contributed by atoms with E-state index in [0.29, 0.717) is 6.42 Å². The summed E-state index contributed by atoms with van der Waals surface area (Å²) in [6, 6.07) is 5.39. The molecule has 0 saturated carbocycles. The van der Waals surface area contributed by atoms with Crippen molar-refractivity contribution >= 4 is 0 Å². The standard InChI is InChI=1S/C10H10F2/c1-7-3-2-4-8-5-6-10(11,12)9(7)8/h2-4H,5-6H2,1H3. The Morgan fingerprint density at radius 3 is 2.75 bits per heavy atom. The maximum Gasteiger partial charge on any atom is 0.274 e. The van der Waals surface area contributed by atoms with Gasteiger partial charge in [-0.2, -0.15) is 0 Å². The van der Waals surface area contributed by atoms with Gasteiger partial charge in [0.05, 0.1) is 0 Å². The highest BCUT2D eigenvalue weighted by Crippen LogP contribution is 2.42. The van der Waals surface area contributed by atoms with E-state index in [4.69, 9.17) is 0 Å². The molecule has 0 N–H and O–H groups in total. The molecule has 0 heterocycles. The molecule has 0 amide bonds. The lowest BCUT2D eigenvalue weighted by molar-refractivity contribution is -0.00238. The van der Waals surface area contributed by atoms with Crippen LogP contribution in [0.25, 0.3) is 0 Å². The van der Waals surface area contributed by atoms with Crippen molar-refractivity contribution in [1.29, 1.82) is 0 Å². The van der Waals surface area contributed by atoms with Crippen LogP contribution in [0.3, 0.4) is 0 Å². The van der Waals surface area contributed by atoms with E-state index in [1.54, 1.807) is 19.1 Å². The van der Waals surface area contributed by atoms with Gasteiger partial charge in [0.15, 0.2) is 0 Å². The minimum absolute atomic E-state index is 0.0206. The van der Waals surface area contributed by atoms with Crippen molar-refractivity contribution < 1.29 is 8.78 Å². The van der Waals surface area contributed by atoms with Crippen LogP contribution in [0.15, 0.2) is 18.2 Å². The van der Waals surface area contributed by atoms with E-state index in [0.717, 1.165) is 11.1 Å². The molecule has 12 heavy (non-hydrogen) atoms. The third-order valence-corrected chi connectivity index (χ3v) is 2.43. The molecule has 0 spiro atoms. The monoisotopic (exact) mass is 168 g/mol. The lowest BCUT2D eigenvalue weighted by Gasteiger charge is -2.12. The molecule has 1 aromatic carbocycles. The molecule has 2 rings (SSSR count). The van der Waals surface area contributed by atoms with Crippen LogP contribution in [0, 0.1) is 6.92 Å². The van der Waals surface area contributed by atoms with Gasteiger partial charge in [0.2, 0.25) is 0 Å². The number of halogens is 2. The summed E-state index contributed by atoms with van der Waals surface area (Å²) in [5.41, 5.74) is 1.81. The second-order valence-corrected chi connectivity index (χ2v) is 3.31. The molecule has 0 unspecified atom stereocenters. The van der Waals surface area contributed by atoms with Crippen molar-refractivity contribution in [3.05, 3.63) is 34.9 Å². The molecule has 0 atom stereocenters. The number of fused-ring (bicyclic) bond motifs is 1. The van der Waals surface area contributed by atoms with Gasteiger partial charge in [-0.15, -0.1) is 0 Å². The van der Waals surface area contributed by atoms with Crippen molar-refractivity contribution in [2.24, 2.45) is 0 Å². The number of alkyl halides is 2. The van der Waals surface area contributed by atoms with E-state index in [2.05, 4.69) is 0 Å². The van der Waals surface area contributed by atoms with E-state index in [1.165, 1.54) is 0 Å². The molecule has 0 nitrogen and oxygen atoms in total. The van der Waals surface area contributed by atoms with Crippen molar-refractivity contribution in [3.63, 3.8) is 0 Å². The lowest BCUT2D eigenvalue weighted by atomic mass is 10.0. The normalized spacial score (nSPS) is 19.2. The topological polar surface area (TPSA) is 0 Å². The van der Waals surface area contributed by atoms with Gasteiger partial charge >= 0.3 is 0 Å². The van der Waals surface area contributed by atoms with Gasteiger partial charge in [0.25, 0.3) is 5.92 Å². The largest absolute Gasteiger partial charge is 0.274 e. The summed E-state index contributed by atoms with van der Waals surface area (Å²) >= 11 is 0. The number of hydrogen-bond donors (Lipinski definition) is 0. The number of rotatable bonds is 0. The fraction of sp³-hybridized carbons (Fsp3) is 0.400. The van der Waals surface area contributed by atoms with Crippen LogP contribution in [-0.4, -0.2) is 0 Å². The summed E-state index contributed by atoms with van der Waals surface area (Å²) in [6.45, 7) is 1.75. The zero-order chi connectivity index (χ0) is 8.77. The average Bonchev–Trinajstić information content (AvgIpc) is 2.29. The molecular weight excluding hydrogens is 158 g/mol. The van der Waals surface area contributed by atoms with Gasteiger partial charge in [-0.25, -0.2) is 8.78 Å². The van der Waals surface area contributed by atoms with E-state index in [1.807, 2.05) is 6.07 Å². The average molecular weight is 168 g/mol. The highest BCUT2D eigenvalue weighted by molar-refractivity contribution is 5.41. The first-order valence-corrected chi connectivity index (χ1v) is 4.08. The lowest BCUT2D eigenvalue weighted by Crippen LogP contribution is -2.09. The van der Waals surface area contributed by atoms with Gasteiger partial charge in [0, 0.05) is 12.0 Å². The molecule has 0 saturated heterocycles. The number of hydrogen-bond acceptors (Lipinski definition) is 0. The summed E-state index contributed by atoms with van der Waals surface area (Å²) in [4.78, 5) is 0. The molecule has 1 aromatic rings.